The number of fused-ring (bicyclic) bond motifs is 1. The molecule has 0 spiro atoms. The molecular weight excluding hydrogens is 344 g/mol. The number of hydrogen-bond acceptors (Lipinski definition) is 5. The Balaban J connectivity index is 1.61. The molecule has 1 amide bonds. The molecule has 2 N–H and O–H groups in total. The number of carbonyl (C=O) groups excluding carboxylic acids is 1. The van der Waals surface area contributed by atoms with Gasteiger partial charge in [-0.05, 0) is 48.4 Å². The number of nitrogens with one attached hydrogen (secondary N) is 2. The third-order valence-corrected chi connectivity index (χ3v) is 5.27. The summed E-state index contributed by atoms with van der Waals surface area (Å²) in [6, 6.07) is 11.3. The zero-order valence-electron chi connectivity index (χ0n) is 13.6. The van der Waals surface area contributed by atoms with Gasteiger partial charge in [0, 0.05) is 19.2 Å². The quantitative estimate of drug-likeness (QED) is 0.808. The van der Waals surface area contributed by atoms with Gasteiger partial charge < -0.3 is 14.8 Å². The monoisotopic (exact) mass is 362 g/mol. The Morgan fingerprint density at radius 3 is 2.52 bits per heavy atom. The molecule has 25 heavy (non-hydrogen) atoms. The lowest BCUT2D eigenvalue weighted by Crippen LogP contribution is -2.26. The summed E-state index contributed by atoms with van der Waals surface area (Å²) in [6.45, 7) is 0.455. The lowest BCUT2D eigenvalue weighted by atomic mass is 10.1. The molecule has 0 radical (unpaired) electrons. The van der Waals surface area contributed by atoms with E-state index < -0.39 is 10.0 Å². The fraction of sp³-hybridized carbons (Fsp3) is 0.235. The van der Waals surface area contributed by atoms with Crippen molar-refractivity contribution < 1.29 is 22.7 Å². The van der Waals surface area contributed by atoms with Crippen LogP contribution in [-0.2, 0) is 16.4 Å². The SMILES string of the molecule is CNC(=O)c1ccc(S(=O)(=O)NCCc2ccc3c(c2)OCO3)cc1. The molecular formula is C17H18N2O5S. The Kier molecular flexibility index (Phi) is 4.91. The summed E-state index contributed by atoms with van der Waals surface area (Å²) in [5.74, 6) is 1.10. The average molecular weight is 362 g/mol. The first-order valence-corrected chi connectivity index (χ1v) is 9.18. The van der Waals surface area contributed by atoms with Crippen LogP contribution in [0.4, 0.5) is 0 Å². The Bertz CT molecular complexity index is 878. The molecule has 0 bridgehead atoms. The minimum atomic E-state index is -3.63. The molecule has 132 valence electrons. The molecule has 8 heteroatoms. The molecule has 2 aromatic carbocycles. The van der Waals surface area contributed by atoms with Crippen LogP contribution >= 0.6 is 0 Å². The zero-order valence-corrected chi connectivity index (χ0v) is 14.4. The maximum absolute atomic E-state index is 12.3. The number of ether oxygens (including phenoxy) is 2. The van der Waals surface area contributed by atoms with Gasteiger partial charge in [0.05, 0.1) is 4.90 Å². The minimum Gasteiger partial charge on any atom is -0.454 e. The van der Waals surface area contributed by atoms with Crippen molar-refractivity contribution in [1.29, 1.82) is 0 Å². The number of carbonyl (C=O) groups is 1. The lowest BCUT2D eigenvalue weighted by molar-refractivity contribution is 0.0963. The summed E-state index contributed by atoms with van der Waals surface area (Å²) in [5, 5.41) is 2.49. The number of sulfonamides is 1. The van der Waals surface area contributed by atoms with Crippen molar-refractivity contribution in [3.05, 3.63) is 53.6 Å². The van der Waals surface area contributed by atoms with Crippen LogP contribution in [0.25, 0.3) is 0 Å². The Hall–Kier alpha value is -2.58. The van der Waals surface area contributed by atoms with E-state index in [1.54, 1.807) is 0 Å². The Labute approximate surface area is 146 Å². The zero-order chi connectivity index (χ0) is 17.9. The van der Waals surface area contributed by atoms with Crippen LogP contribution in [0.3, 0.4) is 0 Å². The van der Waals surface area contributed by atoms with E-state index in [1.165, 1.54) is 31.3 Å². The van der Waals surface area contributed by atoms with Gasteiger partial charge in [0.15, 0.2) is 11.5 Å². The molecule has 0 aliphatic carbocycles. The van der Waals surface area contributed by atoms with Crippen molar-refractivity contribution in [2.24, 2.45) is 0 Å². The fourth-order valence-corrected chi connectivity index (χ4v) is 3.47. The molecule has 0 saturated carbocycles. The predicted octanol–water partition coefficient (Wildman–Crippen LogP) is 1.30. The topological polar surface area (TPSA) is 93.7 Å². The molecule has 1 aliphatic heterocycles. The van der Waals surface area contributed by atoms with Gasteiger partial charge >= 0.3 is 0 Å². The van der Waals surface area contributed by atoms with Crippen LogP contribution in [0, 0.1) is 0 Å². The van der Waals surface area contributed by atoms with E-state index in [2.05, 4.69) is 10.0 Å². The molecule has 0 atom stereocenters. The Morgan fingerprint density at radius 2 is 1.80 bits per heavy atom. The van der Waals surface area contributed by atoms with Crippen molar-refractivity contribution in [3.8, 4) is 11.5 Å². The van der Waals surface area contributed by atoms with Crippen molar-refractivity contribution in [2.45, 2.75) is 11.3 Å². The van der Waals surface area contributed by atoms with Crippen LogP contribution in [0.1, 0.15) is 15.9 Å². The number of rotatable bonds is 6. The molecule has 2 aromatic rings. The van der Waals surface area contributed by atoms with E-state index in [-0.39, 0.29) is 24.1 Å². The van der Waals surface area contributed by atoms with Gasteiger partial charge in [-0.25, -0.2) is 13.1 Å². The standard InChI is InChI=1S/C17H18N2O5S/c1-18-17(20)13-3-5-14(6-4-13)25(21,22)19-9-8-12-2-7-15-16(10-12)24-11-23-15/h2-7,10,19H,8-9,11H2,1H3,(H,18,20). The summed E-state index contributed by atoms with van der Waals surface area (Å²) in [4.78, 5) is 11.6. The number of hydrogen-bond donors (Lipinski definition) is 2. The highest BCUT2D eigenvalue weighted by Gasteiger charge is 2.16. The third kappa shape index (κ3) is 3.92. The molecule has 3 rings (SSSR count). The molecule has 1 aliphatic rings. The largest absolute Gasteiger partial charge is 0.454 e. The van der Waals surface area contributed by atoms with Gasteiger partial charge in [0.1, 0.15) is 0 Å². The van der Waals surface area contributed by atoms with E-state index in [0.717, 1.165) is 5.56 Å². The van der Waals surface area contributed by atoms with Crippen LogP contribution < -0.4 is 19.5 Å². The maximum atomic E-state index is 12.3. The first kappa shape index (κ1) is 17.2. The van der Waals surface area contributed by atoms with Gasteiger partial charge in [-0.15, -0.1) is 0 Å². The normalized spacial score (nSPS) is 12.8. The summed E-state index contributed by atoms with van der Waals surface area (Å²) >= 11 is 0. The predicted molar refractivity (Wildman–Crippen MR) is 91.3 cm³/mol. The Morgan fingerprint density at radius 1 is 1.08 bits per heavy atom. The van der Waals surface area contributed by atoms with Gasteiger partial charge in [0.2, 0.25) is 16.8 Å². The summed E-state index contributed by atoms with van der Waals surface area (Å²) in [5.41, 5.74) is 1.35. The van der Waals surface area contributed by atoms with Gasteiger partial charge in [-0.1, -0.05) is 6.07 Å². The summed E-state index contributed by atoms with van der Waals surface area (Å²) in [6.07, 6.45) is 0.520. The first-order valence-electron chi connectivity index (χ1n) is 7.70. The minimum absolute atomic E-state index is 0.117. The second kappa shape index (κ2) is 7.12. The van der Waals surface area contributed by atoms with E-state index in [1.807, 2.05) is 18.2 Å². The fourth-order valence-electron chi connectivity index (χ4n) is 2.44. The van der Waals surface area contributed by atoms with Crippen LogP contribution in [0.15, 0.2) is 47.4 Å². The summed E-state index contributed by atoms with van der Waals surface area (Å²) < 4.78 is 37.7. The highest BCUT2D eigenvalue weighted by Crippen LogP contribution is 2.32. The molecule has 0 saturated heterocycles. The smallest absolute Gasteiger partial charge is 0.251 e. The van der Waals surface area contributed by atoms with Gasteiger partial charge in [-0.2, -0.15) is 0 Å². The van der Waals surface area contributed by atoms with Crippen molar-refractivity contribution in [3.63, 3.8) is 0 Å². The van der Waals surface area contributed by atoms with Crippen LogP contribution in [-0.4, -0.2) is 34.7 Å². The maximum Gasteiger partial charge on any atom is 0.251 e. The second-order valence-electron chi connectivity index (χ2n) is 5.44. The molecule has 0 aromatic heterocycles. The highest BCUT2D eigenvalue weighted by molar-refractivity contribution is 7.89. The van der Waals surface area contributed by atoms with Gasteiger partial charge in [-0.3, -0.25) is 4.79 Å². The van der Waals surface area contributed by atoms with E-state index in [4.69, 9.17) is 9.47 Å². The number of benzene rings is 2. The molecule has 1 heterocycles. The van der Waals surface area contributed by atoms with E-state index in [0.29, 0.717) is 23.5 Å². The third-order valence-electron chi connectivity index (χ3n) is 3.80. The highest BCUT2D eigenvalue weighted by atomic mass is 32.2. The van der Waals surface area contributed by atoms with Gasteiger partial charge in [0.25, 0.3) is 5.91 Å². The molecule has 0 fully saturated rings. The molecule has 0 unspecified atom stereocenters. The van der Waals surface area contributed by atoms with E-state index in [9.17, 15) is 13.2 Å². The second-order valence-corrected chi connectivity index (χ2v) is 7.21. The van der Waals surface area contributed by atoms with E-state index >= 15 is 0 Å². The lowest BCUT2D eigenvalue weighted by Gasteiger charge is -2.08. The van der Waals surface area contributed by atoms with Crippen LogP contribution in [0.5, 0.6) is 11.5 Å². The summed E-state index contributed by atoms with van der Waals surface area (Å²) in [7, 11) is -2.11. The average Bonchev–Trinajstić information content (AvgIpc) is 3.09. The van der Waals surface area contributed by atoms with Crippen molar-refractivity contribution >= 4 is 15.9 Å². The van der Waals surface area contributed by atoms with Crippen LogP contribution in [0.2, 0.25) is 0 Å². The van der Waals surface area contributed by atoms with Crippen molar-refractivity contribution in [2.75, 3.05) is 20.4 Å². The first-order chi connectivity index (χ1) is 12.0. The number of amides is 1. The molecule has 7 nitrogen and oxygen atoms in total. The van der Waals surface area contributed by atoms with Crippen molar-refractivity contribution in [1.82, 2.24) is 10.0 Å².